The lowest BCUT2D eigenvalue weighted by Crippen LogP contribution is -2.51. The predicted octanol–water partition coefficient (Wildman–Crippen LogP) is 1.71. The van der Waals surface area contributed by atoms with Gasteiger partial charge in [-0.05, 0) is 18.4 Å². The molecule has 22 heavy (non-hydrogen) atoms. The van der Waals surface area contributed by atoms with Crippen molar-refractivity contribution in [2.45, 2.75) is 37.0 Å². The van der Waals surface area contributed by atoms with Gasteiger partial charge in [0.15, 0.2) is 0 Å². The topological polar surface area (TPSA) is 115 Å². The molecule has 1 aromatic rings. The minimum atomic E-state index is -3.52. The summed E-state index contributed by atoms with van der Waals surface area (Å²) in [5.41, 5.74) is 5.65. The number of halogens is 1. The first-order chi connectivity index (χ1) is 9.86. The van der Waals surface area contributed by atoms with Crippen LogP contribution in [-0.4, -0.2) is 25.4 Å². The van der Waals surface area contributed by atoms with Gasteiger partial charge in [0.2, 0.25) is 10.0 Å². The molecule has 1 saturated carbocycles. The zero-order valence-corrected chi connectivity index (χ0v) is 13.7. The number of nitro benzene ring substituents is 1. The van der Waals surface area contributed by atoms with Crippen molar-refractivity contribution in [3.8, 4) is 0 Å². The second-order valence-electron chi connectivity index (χ2n) is 5.48. The lowest BCUT2D eigenvalue weighted by molar-refractivity contribution is -0.384. The van der Waals surface area contributed by atoms with Crippen molar-refractivity contribution in [2.24, 2.45) is 5.73 Å². The van der Waals surface area contributed by atoms with Gasteiger partial charge >= 0.3 is 0 Å². The lowest BCUT2D eigenvalue weighted by atomic mass is 10.0. The van der Waals surface area contributed by atoms with Crippen molar-refractivity contribution in [1.29, 1.82) is 0 Å². The molecule has 0 unspecified atom stereocenters. The fourth-order valence-corrected chi connectivity index (χ4v) is 4.35. The maximum Gasteiger partial charge on any atom is 0.269 e. The van der Waals surface area contributed by atoms with Crippen molar-refractivity contribution in [2.75, 3.05) is 6.54 Å². The van der Waals surface area contributed by atoms with Gasteiger partial charge in [-0.2, -0.15) is 0 Å². The van der Waals surface area contributed by atoms with Crippen LogP contribution in [0.2, 0.25) is 0 Å². The summed E-state index contributed by atoms with van der Waals surface area (Å²) in [7, 11) is -3.52. The molecule has 124 valence electrons. The summed E-state index contributed by atoms with van der Waals surface area (Å²) < 4.78 is 27.2. The number of rotatable bonds is 6. The highest BCUT2D eigenvalue weighted by Crippen LogP contribution is 2.29. The average molecular weight is 350 g/mol. The van der Waals surface area contributed by atoms with Gasteiger partial charge in [0.05, 0.1) is 10.7 Å². The third-order valence-electron chi connectivity index (χ3n) is 3.83. The summed E-state index contributed by atoms with van der Waals surface area (Å²) >= 11 is 0. The Bertz CT molecular complexity index is 613. The molecule has 0 radical (unpaired) electrons. The van der Waals surface area contributed by atoms with E-state index in [0.717, 1.165) is 25.7 Å². The molecule has 0 bridgehead atoms. The Morgan fingerprint density at radius 1 is 1.23 bits per heavy atom. The maximum absolute atomic E-state index is 12.2. The number of hydrogen-bond donors (Lipinski definition) is 2. The second kappa shape index (κ2) is 7.36. The number of nitro groups is 1. The third kappa shape index (κ3) is 4.64. The summed E-state index contributed by atoms with van der Waals surface area (Å²) in [6.07, 6.45) is 3.44. The van der Waals surface area contributed by atoms with Crippen LogP contribution < -0.4 is 10.5 Å². The number of nitrogens with one attached hydrogen (secondary N) is 1. The number of benzene rings is 1. The van der Waals surface area contributed by atoms with Crippen LogP contribution in [0, 0.1) is 10.1 Å². The minimum absolute atomic E-state index is 0. The Labute approximate surface area is 135 Å². The molecule has 0 amide bonds. The molecule has 1 aliphatic rings. The van der Waals surface area contributed by atoms with Gasteiger partial charge in [-0.1, -0.05) is 25.0 Å². The van der Waals surface area contributed by atoms with Crippen LogP contribution in [0.4, 0.5) is 5.69 Å². The number of hydrogen-bond acceptors (Lipinski definition) is 5. The summed E-state index contributed by atoms with van der Waals surface area (Å²) in [5.74, 6) is -0.202. The number of sulfonamides is 1. The lowest BCUT2D eigenvalue weighted by Gasteiger charge is -2.28. The van der Waals surface area contributed by atoms with Gasteiger partial charge in [0.25, 0.3) is 5.69 Å². The predicted molar refractivity (Wildman–Crippen MR) is 86.4 cm³/mol. The van der Waals surface area contributed by atoms with Gasteiger partial charge < -0.3 is 5.73 Å². The van der Waals surface area contributed by atoms with E-state index < -0.39 is 20.5 Å². The molecule has 0 heterocycles. The van der Waals surface area contributed by atoms with Crippen LogP contribution in [0.25, 0.3) is 0 Å². The molecule has 7 nitrogen and oxygen atoms in total. The van der Waals surface area contributed by atoms with Crippen LogP contribution in [0.1, 0.15) is 31.2 Å². The van der Waals surface area contributed by atoms with E-state index in [0.29, 0.717) is 5.56 Å². The Kier molecular flexibility index (Phi) is 6.30. The van der Waals surface area contributed by atoms with Crippen LogP contribution in [0.15, 0.2) is 24.3 Å². The highest BCUT2D eigenvalue weighted by Gasteiger charge is 2.36. The van der Waals surface area contributed by atoms with E-state index in [1.807, 2.05) is 0 Å². The van der Waals surface area contributed by atoms with Gasteiger partial charge in [-0.25, -0.2) is 13.1 Å². The van der Waals surface area contributed by atoms with Crippen molar-refractivity contribution in [3.63, 3.8) is 0 Å². The molecule has 1 fully saturated rings. The molecule has 1 aliphatic carbocycles. The summed E-state index contributed by atoms with van der Waals surface area (Å²) in [6.45, 7) is 0.284. The Morgan fingerprint density at radius 2 is 1.77 bits per heavy atom. The van der Waals surface area contributed by atoms with Gasteiger partial charge in [0, 0.05) is 24.2 Å². The first-order valence-corrected chi connectivity index (χ1v) is 8.46. The second-order valence-corrected chi connectivity index (χ2v) is 7.20. The van der Waals surface area contributed by atoms with E-state index in [2.05, 4.69) is 4.72 Å². The smallest absolute Gasteiger partial charge is 0.269 e. The molecule has 0 spiro atoms. The summed E-state index contributed by atoms with van der Waals surface area (Å²) in [6, 6.07) is 5.53. The molecule has 0 saturated heterocycles. The highest BCUT2D eigenvalue weighted by molar-refractivity contribution is 7.88. The SMILES string of the molecule is Cl.NCC1(NS(=O)(=O)Cc2ccc([N+](=O)[O-])cc2)CCCC1. The van der Waals surface area contributed by atoms with Gasteiger partial charge in [-0.15, -0.1) is 12.4 Å². The fraction of sp³-hybridized carbons (Fsp3) is 0.538. The molecule has 0 aliphatic heterocycles. The van der Waals surface area contributed by atoms with E-state index in [1.165, 1.54) is 24.3 Å². The van der Waals surface area contributed by atoms with E-state index in [1.54, 1.807) is 0 Å². The van der Waals surface area contributed by atoms with Gasteiger partial charge in [0.1, 0.15) is 0 Å². The zero-order chi connectivity index (χ0) is 15.5. The van der Waals surface area contributed by atoms with E-state index in [4.69, 9.17) is 5.73 Å². The molecular formula is C13H20ClN3O4S. The number of nitrogens with zero attached hydrogens (tertiary/aromatic N) is 1. The van der Waals surface area contributed by atoms with Crippen LogP contribution in [-0.2, 0) is 15.8 Å². The van der Waals surface area contributed by atoms with E-state index >= 15 is 0 Å². The number of nitrogens with two attached hydrogens (primary N) is 1. The fourth-order valence-electron chi connectivity index (χ4n) is 2.70. The molecule has 1 aromatic carbocycles. The van der Waals surface area contributed by atoms with Crippen molar-refractivity contribution >= 4 is 28.1 Å². The molecule has 9 heteroatoms. The first-order valence-electron chi connectivity index (χ1n) is 6.81. The van der Waals surface area contributed by atoms with Crippen molar-refractivity contribution in [1.82, 2.24) is 4.72 Å². The largest absolute Gasteiger partial charge is 0.329 e. The highest BCUT2D eigenvalue weighted by atomic mass is 35.5. The Morgan fingerprint density at radius 3 is 2.23 bits per heavy atom. The standard InChI is InChI=1S/C13H19N3O4S.ClH/c14-10-13(7-1-2-8-13)15-21(19,20)9-11-3-5-12(6-4-11)16(17)18;/h3-6,15H,1-2,7-10,14H2;1H. The Balaban J connectivity index is 0.00000242. The monoisotopic (exact) mass is 349 g/mol. The van der Waals surface area contributed by atoms with Crippen LogP contribution in [0.3, 0.4) is 0 Å². The summed E-state index contributed by atoms with van der Waals surface area (Å²) in [4.78, 5) is 10.1. The quantitative estimate of drug-likeness (QED) is 0.599. The molecule has 3 N–H and O–H groups in total. The molecule has 0 aromatic heterocycles. The summed E-state index contributed by atoms with van der Waals surface area (Å²) in [5, 5.41) is 10.6. The van der Waals surface area contributed by atoms with Crippen molar-refractivity contribution < 1.29 is 13.3 Å². The van der Waals surface area contributed by atoms with Crippen LogP contribution >= 0.6 is 12.4 Å². The molecule has 0 atom stereocenters. The number of non-ortho nitro benzene ring substituents is 1. The minimum Gasteiger partial charge on any atom is -0.329 e. The first kappa shape index (κ1) is 18.8. The Hall–Kier alpha value is -1.22. The van der Waals surface area contributed by atoms with Crippen LogP contribution in [0.5, 0.6) is 0 Å². The van der Waals surface area contributed by atoms with E-state index in [-0.39, 0.29) is 30.4 Å². The molecule has 2 rings (SSSR count). The third-order valence-corrected chi connectivity index (χ3v) is 5.28. The van der Waals surface area contributed by atoms with Gasteiger partial charge in [-0.3, -0.25) is 10.1 Å². The maximum atomic E-state index is 12.2. The average Bonchev–Trinajstić information content (AvgIpc) is 2.87. The van der Waals surface area contributed by atoms with E-state index in [9.17, 15) is 18.5 Å². The normalized spacial score (nSPS) is 17.0. The molecular weight excluding hydrogens is 330 g/mol. The van der Waals surface area contributed by atoms with Crippen molar-refractivity contribution in [3.05, 3.63) is 39.9 Å². The zero-order valence-electron chi connectivity index (χ0n) is 12.0.